The fraction of sp³-hybridized carbons (Fsp3) is 0.357. The average Bonchev–Trinajstić information content (AvgIpc) is 2.38. The van der Waals surface area contributed by atoms with Gasteiger partial charge in [0.25, 0.3) is 0 Å². The summed E-state index contributed by atoms with van der Waals surface area (Å²) in [6, 6.07) is 4.75. The second-order valence-electron chi connectivity index (χ2n) is 4.29. The Labute approximate surface area is 112 Å². The van der Waals surface area contributed by atoms with Crippen LogP contribution in [0.1, 0.15) is 12.0 Å². The van der Waals surface area contributed by atoms with Crippen molar-refractivity contribution in [3.05, 3.63) is 36.4 Å². The highest BCUT2D eigenvalue weighted by atomic mass is 16.5. The fourth-order valence-corrected chi connectivity index (χ4v) is 1.62. The van der Waals surface area contributed by atoms with E-state index in [0.29, 0.717) is 13.2 Å². The molecule has 1 rings (SSSR count). The van der Waals surface area contributed by atoms with E-state index in [-0.39, 0.29) is 11.5 Å². The molecule has 104 valence electrons. The van der Waals surface area contributed by atoms with Crippen molar-refractivity contribution in [2.75, 3.05) is 20.2 Å². The minimum absolute atomic E-state index is 0.120. The van der Waals surface area contributed by atoms with Gasteiger partial charge in [-0.05, 0) is 31.2 Å². The molecule has 0 spiro atoms. The van der Waals surface area contributed by atoms with E-state index in [1.807, 2.05) is 11.9 Å². The number of phenols is 2. The molecule has 5 nitrogen and oxygen atoms in total. The second-order valence-corrected chi connectivity index (χ2v) is 4.29. The van der Waals surface area contributed by atoms with Crippen LogP contribution < -0.4 is 0 Å². The maximum Gasteiger partial charge on any atom is 0.330 e. The van der Waals surface area contributed by atoms with Crippen LogP contribution >= 0.6 is 0 Å². The Balaban J connectivity index is 2.30. The quantitative estimate of drug-likeness (QED) is 0.339. The summed E-state index contributed by atoms with van der Waals surface area (Å²) >= 11 is 0. The normalized spacial score (nSPS) is 10.4. The molecule has 0 aliphatic rings. The largest absolute Gasteiger partial charge is 0.504 e. The number of hydrogen-bond donors (Lipinski definition) is 2. The van der Waals surface area contributed by atoms with E-state index in [1.165, 1.54) is 12.1 Å². The van der Waals surface area contributed by atoms with Gasteiger partial charge in [-0.15, -0.1) is 0 Å². The molecule has 5 heteroatoms. The maximum atomic E-state index is 10.8. The number of esters is 1. The lowest BCUT2D eigenvalue weighted by Crippen LogP contribution is -2.20. The van der Waals surface area contributed by atoms with Crippen LogP contribution in [-0.2, 0) is 16.1 Å². The number of ether oxygens (including phenoxy) is 1. The lowest BCUT2D eigenvalue weighted by atomic mass is 10.2. The summed E-state index contributed by atoms with van der Waals surface area (Å²) in [6.07, 6.45) is 1.86. The van der Waals surface area contributed by atoms with Crippen molar-refractivity contribution in [2.24, 2.45) is 0 Å². The highest BCUT2D eigenvalue weighted by Crippen LogP contribution is 2.25. The van der Waals surface area contributed by atoms with E-state index in [4.69, 9.17) is 4.74 Å². The zero-order valence-corrected chi connectivity index (χ0v) is 11.0. The van der Waals surface area contributed by atoms with Crippen molar-refractivity contribution in [1.29, 1.82) is 0 Å². The molecule has 1 aromatic rings. The van der Waals surface area contributed by atoms with Crippen LogP contribution in [-0.4, -0.2) is 41.3 Å². The summed E-state index contributed by atoms with van der Waals surface area (Å²) in [5.74, 6) is -0.653. The van der Waals surface area contributed by atoms with Crippen LogP contribution in [0.2, 0.25) is 0 Å². The third-order valence-electron chi connectivity index (χ3n) is 2.59. The molecule has 0 amide bonds. The summed E-state index contributed by atoms with van der Waals surface area (Å²) in [6.45, 7) is 5.07. The predicted molar refractivity (Wildman–Crippen MR) is 71.9 cm³/mol. The molecule has 0 unspecified atom stereocenters. The smallest absolute Gasteiger partial charge is 0.330 e. The Hall–Kier alpha value is -2.01. The van der Waals surface area contributed by atoms with Gasteiger partial charge in [-0.1, -0.05) is 12.6 Å². The molecule has 0 bridgehead atoms. The summed E-state index contributed by atoms with van der Waals surface area (Å²) in [5, 5.41) is 18.6. The van der Waals surface area contributed by atoms with Crippen molar-refractivity contribution in [1.82, 2.24) is 4.90 Å². The predicted octanol–water partition coefficient (Wildman–Crippen LogP) is 1.65. The van der Waals surface area contributed by atoms with Gasteiger partial charge in [-0.25, -0.2) is 4.79 Å². The molecule has 0 atom stereocenters. The average molecular weight is 265 g/mol. The zero-order valence-electron chi connectivity index (χ0n) is 11.0. The number of nitrogens with zero attached hydrogens (tertiary/aromatic N) is 1. The topological polar surface area (TPSA) is 70.0 Å². The number of phenolic OH excluding ortho intramolecular Hbond substituents is 2. The minimum Gasteiger partial charge on any atom is -0.504 e. The van der Waals surface area contributed by atoms with E-state index in [1.54, 1.807) is 6.07 Å². The van der Waals surface area contributed by atoms with Crippen LogP contribution in [0.25, 0.3) is 0 Å². The molecule has 0 aliphatic carbocycles. The monoisotopic (exact) mass is 265 g/mol. The van der Waals surface area contributed by atoms with Crippen LogP contribution in [0, 0.1) is 0 Å². The first-order chi connectivity index (χ1) is 9.02. The van der Waals surface area contributed by atoms with Gasteiger partial charge in [0.1, 0.15) is 0 Å². The Morgan fingerprint density at radius 1 is 1.42 bits per heavy atom. The highest BCUT2D eigenvalue weighted by molar-refractivity contribution is 5.81. The van der Waals surface area contributed by atoms with Crippen LogP contribution in [0.4, 0.5) is 0 Å². The van der Waals surface area contributed by atoms with Gasteiger partial charge in [-0.2, -0.15) is 0 Å². The number of carbonyl (C=O) groups is 1. The summed E-state index contributed by atoms with van der Waals surface area (Å²) in [4.78, 5) is 12.8. The van der Waals surface area contributed by atoms with E-state index in [9.17, 15) is 15.0 Å². The molecular formula is C14H19NO4. The van der Waals surface area contributed by atoms with Crippen molar-refractivity contribution < 1.29 is 19.7 Å². The van der Waals surface area contributed by atoms with Gasteiger partial charge in [0, 0.05) is 19.2 Å². The molecule has 19 heavy (non-hydrogen) atoms. The maximum absolute atomic E-state index is 10.8. The van der Waals surface area contributed by atoms with E-state index in [0.717, 1.165) is 24.6 Å². The fourth-order valence-electron chi connectivity index (χ4n) is 1.62. The third kappa shape index (κ3) is 5.44. The van der Waals surface area contributed by atoms with Gasteiger partial charge in [-0.3, -0.25) is 0 Å². The Bertz CT molecular complexity index is 445. The Kier molecular flexibility index (Phi) is 5.89. The van der Waals surface area contributed by atoms with Crippen LogP contribution in [0.3, 0.4) is 0 Å². The molecule has 1 aromatic carbocycles. The molecule has 2 N–H and O–H groups in total. The standard InChI is InChI=1S/C14H19NO4/c1-3-14(18)19-8-4-7-15(2)10-11-5-6-12(16)13(17)9-11/h3,5-6,9,16-17H,1,4,7-8,10H2,2H3. The van der Waals surface area contributed by atoms with Crippen LogP contribution in [0.5, 0.6) is 11.5 Å². The molecule has 0 saturated carbocycles. The summed E-state index contributed by atoms with van der Waals surface area (Å²) < 4.78 is 4.87. The number of hydrogen-bond acceptors (Lipinski definition) is 5. The number of aromatic hydroxyl groups is 2. The van der Waals surface area contributed by atoms with Crippen molar-refractivity contribution >= 4 is 5.97 Å². The Morgan fingerprint density at radius 2 is 2.16 bits per heavy atom. The van der Waals surface area contributed by atoms with E-state index < -0.39 is 5.97 Å². The number of rotatable bonds is 7. The SMILES string of the molecule is C=CC(=O)OCCCN(C)Cc1ccc(O)c(O)c1. The molecule has 0 heterocycles. The first kappa shape index (κ1) is 15.0. The van der Waals surface area contributed by atoms with Crippen molar-refractivity contribution in [2.45, 2.75) is 13.0 Å². The van der Waals surface area contributed by atoms with Crippen molar-refractivity contribution in [3.63, 3.8) is 0 Å². The highest BCUT2D eigenvalue weighted by Gasteiger charge is 2.04. The number of carbonyl (C=O) groups excluding carboxylic acids is 1. The van der Waals surface area contributed by atoms with Gasteiger partial charge in [0.2, 0.25) is 0 Å². The lowest BCUT2D eigenvalue weighted by Gasteiger charge is -2.16. The first-order valence-electron chi connectivity index (χ1n) is 6.01. The zero-order chi connectivity index (χ0) is 14.3. The summed E-state index contributed by atoms with van der Waals surface area (Å²) in [7, 11) is 1.93. The minimum atomic E-state index is -0.411. The van der Waals surface area contributed by atoms with E-state index >= 15 is 0 Å². The van der Waals surface area contributed by atoms with Crippen LogP contribution in [0.15, 0.2) is 30.9 Å². The lowest BCUT2D eigenvalue weighted by molar-refractivity contribution is -0.137. The molecular weight excluding hydrogens is 246 g/mol. The summed E-state index contributed by atoms with van der Waals surface area (Å²) in [5.41, 5.74) is 0.904. The third-order valence-corrected chi connectivity index (χ3v) is 2.59. The molecule has 0 aromatic heterocycles. The van der Waals surface area contributed by atoms with Gasteiger partial charge >= 0.3 is 5.97 Å². The molecule has 0 saturated heterocycles. The van der Waals surface area contributed by atoms with E-state index in [2.05, 4.69) is 6.58 Å². The Morgan fingerprint density at radius 3 is 2.79 bits per heavy atom. The van der Waals surface area contributed by atoms with Gasteiger partial charge in [0.05, 0.1) is 6.61 Å². The first-order valence-corrected chi connectivity index (χ1v) is 6.01. The van der Waals surface area contributed by atoms with Crippen molar-refractivity contribution in [3.8, 4) is 11.5 Å². The molecule has 0 aliphatic heterocycles. The van der Waals surface area contributed by atoms with Gasteiger partial charge in [0.15, 0.2) is 11.5 Å². The number of benzene rings is 1. The molecule has 0 radical (unpaired) electrons. The molecule has 0 fully saturated rings. The second kappa shape index (κ2) is 7.43. The van der Waals surface area contributed by atoms with Gasteiger partial charge < -0.3 is 19.8 Å².